The molecular formula is C19H19N3O3S. The minimum absolute atomic E-state index is 0.0625. The van der Waals surface area contributed by atoms with Gasteiger partial charge in [0.05, 0.1) is 12.3 Å². The molecule has 2 heterocycles. The normalized spacial score (nSPS) is 15.2. The number of carbonyl (C=O) groups is 3. The summed E-state index contributed by atoms with van der Waals surface area (Å²) in [5.41, 5.74) is 1.80. The summed E-state index contributed by atoms with van der Waals surface area (Å²) >= 11 is 1.00. The summed E-state index contributed by atoms with van der Waals surface area (Å²) in [6.45, 7) is 4.07. The molecule has 6 nitrogen and oxygen atoms in total. The van der Waals surface area contributed by atoms with E-state index >= 15 is 0 Å². The molecule has 0 saturated carbocycles. The van der Waals surface area contributed by atoms with Crippen LogP contribution in [0.5, 0.6) is 0 Å². The molecule has 1 aromatic carbocycles. The second-order valence-electron chi connectivity index (χ2n) is 6.19. The number of thioether (sulfide) groups is 1. The first-order valence-electron chi connectivity index (χ1n) is 8.28. The predicted molar refractivity (Wildman–Crippen MR) is 99.7 cm³/mol. The molecule has 1 saturated heterocycles. The maximum atomic E-state index is 12.9. The van der Waals surface area contributed by atoms with Crippen molar-refractivity contribution >= 4 is 28.8 Å². The van der Waals surface area contributed by atoms with E-state index in [9.17, 15) is 14.4 Å². The first-order valence-corrected chi connectivity index (χ1v) is 9.26. The van der Waals surface area contributed by atoms with Crippen LogP contribution in [0.25, 0.3) is 0 Å². The van der Waals surface area contributed by atoms with E-state index in [0.29, 0.717) is 11.1 Å². The zero-order valence-electron chi connectivity index (χ0n) is 14.6. The summed E-state index contributed by atoms with van der Waals surface area (Å²) in [4.78, 5) is 42.1. The van der Waals surface area contributed by atoms with E-state index in [-0.39, 0.29) is 35.4 Å². The lowest BCUT2D eigenvalue weighted by Gasteiger charge is -2.13. The average molecular weight is 369 g/mol. The molecule has 2 amide bonds. The van der Waals surface area contributed by atoms with Gasteiger partial charge in [0.15, 0.2) is 0 Å². The Kier molecular flexibility index (Phi) is 5.37. The summed E-state index contributed by atoms with van der Waals surface area (Å²) < 4.78 is 1.50. The molecule has 1 fully saturated rings. The maximum Gasteiger partial charge on any atom is 0.289 e. The molecular weight excluding hydrogens is 350 g/mol. The molecule has 134 valence electrons. The Hall–Kier alpha value is -2.67. The number of hydrogen-bond donors (Lipinski definition) is 0. The molecule has 0 N–H and O–H groups in total. The smallest absolute Gasteiger partial charge is 0.273 e. The molecule has 2 aromatic rings. The number of imide groups is 1. The van der Waals surface area contributed by atoms with Crippen molar-refractivity contribution in [3.63, 3.8) is 0 Å². The minimum atomic E-state index is -0.248. The number of carbonyl (C=O) groups excluding carboxylic acids is 3. The molecule has 0 bridgehead atoms. The summed E-state index contributed by atoms with van der Waals surface area (Å²) in [5, 5.41) is -0.248. The van der Waals surface area contributed by atoms with Crippen LogP contribution in [0.2, 0.25) is 0 Å². The van der Waals surface area contributed by atoms with E-state index in [1.54, 1.807) is 42.6 Å². The molecule has 0 unspecified atom stereocenters. The van der Waals surface area contributed by atoms with Gasteiger partial charge in [-0.05, 0) is 43.7 Å². The van der Waals surface area contributed by atoms with E-state index in [4.69, 9.17) is 0 Å². The van der Waals surface area contributed by atoms with Gasteiger partial charge in [0.2, 0.25) is 5.91 Å². The third-order valence-corrected chi connectivity index (χ3v) is 4.66. The molecule has 0 radical (unpaired) electrons. The van der Waals surface area contributed by atoms with E-state index < -0.39 is 0 Å². The molecule has 7 heteroatoms. The Labute approximate surface area is 155 Å². The molecule has 26 heavy (non-hydrogen) atoms. The molecule has 0 atom stereocenters. The predicted octanol–water partition coefficient (Wildman–Crippen LogP) is 2.68. The van der Waals surface area contributed by atoms with Crippen molar-refractivity contribution in [2.75, 3.05) is 5.75 Å². The van der Waals surface area contributed by atoms with Crippen LogP contribution in [0.15, 0.2) is 53.7 Å². The number of aromatic nitrogens is 1. The summed E-state index contributed by atoms with van der Waals surface area (Å²) in [7, 11) is 0. The van der Waals surface area contributed by atoms with Gasteiger partial charge < -0.3 is 0 Å². The fraction of sp³-hybridized carbons (Fsp3) is 0.263. The van der Waals surface area contributed by atoms with Crippen molar-refractivity contribution in [3.8, 4) is 0 Å². The third kappa shape index (κ3) is 3.94. The lowest BCUT2D eigenvalue weighted by atomic mass is 10.1. The van der Waals surface area contributed by atoms with Crippen LogP contribution in [0.4, 0.5) is 4.79 Å². The van der Waals surface area contributed by atoms with Crippen LogP contribution in [-0.4, -0.2) is 38.3 Å². The zero-order chi connectivity index (χ0) is 18.7. The highest BCUT2D eigenvalue weighted by atomic mass is 32.2. The molecule has 3 rings (SSSR count). The van der Waals surface area contributed by atoms with Gasteiger partial charge >= 0.3 is 0 Å². The Bertz CT molecular complexity index is 917. The molecule has 1 aromatic heterocycles. The van der Waals surface area contributed by atoms with Crippen molar-refractivity contribution in [2.45, 2.75) is 26.4 Å². The zero-order valence-corrected chi connectivity index (χ0v) is 15.4. The van der Waals surface area contributed by atoms with Gasteiger partial charge in [-0.3, -0.25) is 28.8 Å². The Morgan fingerprint density at radius 3 is 2.69 bits per heavy atom. The lowest BCUT2D eigenvalue weighted by Crippen LogP contribution is -2.29. The largest absolute Gasteiger partial charge is 0.289 e. The SMILES string of the molecule is CC(C)N=c1ccccn1C(=O)c1cccc(CN2C(=O)CSC2=O)c1. The monoisotopic (exact) mass is 369 g/mol. The van der Waals surface area contributed by atoms with Crippen molar-refractivity contribution in [2.24, 2.45) is 4.99 Å². The second kappa shape index (κ2) is 7.70. The van der Waals surface area contributed by atoms with Crippen molar-refractivity contribution < 1.29 is 14.4 Å². The van der Waals surface area contributed by atoms with Gasteiger partial charge in [0, 0.05) is 17.8 Å². The number of rotatable bonds is 4. The Balaban J connectivity index is 1.90. The van der Waals surface area contributed by atoms with Gasteiger partial charge in [-0.1, -0.05) is 30.0 Å². The van der Waals surface area contributed by atoms with Crippen LogP contribution >= 0.6 is 11.8 Å². The van der Waals surface area contributed by atoms with Crippen LogP contribution < -0.4 is 5.49 Å². The average Bonchev–Trinajstić information content (AvgIpc) is 2.93. The van der Waals surface area contributed by atoms with Gasteiger partial charge in [0.1, 0.15) is 5.49 Å². The minimum Gasteiger partial charge on any atom is -0.273 e. The van der Waals surface area contributed by atoms with Crippen LogP contribution in [0.1, 0.15) is 29.8 Å². The van der Waals surface area contributed by atoms with E-state index in [1.807, 2.05) is 19.9 Å². The first kappa shape index (κ1) is 18.1. The third-order valence-electron chi connectivity index (χ3n) is 3.80. The number of pyridine rings is 1. The van der Waals surface area contributed by atoms with Gasteiger partial charge in [0.25, 0.3) is 11.1 Å². The summed E-state index contributed by atoms with van der Waals surface area (Å²) in [5.74, 6) is -0.232. The highest BCUT2D eigenvalue weighted by Gasteiger charge is 2.29. The first-order chi connectivity index (χ1) is 12.5. The highest BCUT2D eigenvalue weighted by Crippen LogP contribution is 2.21. The van der Waals surface area contributed by atoms with Gasteiger partial charge in [-0.15, -0.1) is 0 Å². The van der Waals surface area contributed by atoms with E-state index in [2.05, 4.69) is 4.99 Å². The second-order valence-corrected chi connectivity index (χ2v) is 7.12. The highest BCUT2D eigenvalue weighted by molar-refractivity contribution is 8.14. The topological polar surface area (TPSA) is 71.7 Å². The quantitative estimate of drug-likeness (QED) is 0.831. The maximum absolute atomic E-state index is 12.9. The van der Waals surface area contributed by atoms with Gasteiger partial charge in [-0.25, -0.2) is 0 Å². The Morgan fingerprint density at radius 1 is 1.19 bits per heavy atom. The lowest BCUT2D eigenvalue weighted by molar-refractivity contribution is -0.125. The standard InChI is InChI=1S/C19H19N3O3S/c1-13(2)20-16-8-3-4-9-21(16)18(24)15-7-5-6-14(10-15)11-22-17(23)12-26-19(22)25/h3-10,13H,11-12H2,1-2H3. The van der Waals surface area contributed by atoms with E-state index in [0.717, 1.165) is 17.3 Å². The summed E-state index contributed by atoms with van der Waals surface area (Å²) in [6.07, 6.45) is 1.68. The van der Waals surface area contributed by atoms with Crippen molar-refractivity contribution in [1.29, 1.82) is 0 Å². The van der Waals surface area contributed by atoms with Crippen LogP contribution in [0, 0.1) is 0 Å². The van der Waals surface area contributed by atoms with E-state index in [1.165, 1.54) is 9.47 Å². The Morgan fingerprint density at radius 2 is 2.00 bits per heavy atom. The fourth-order valence-corrected chi connectivity index (χ4v) is 3.36. The van der Waals surface area contributed by atoms with Crippen LogP contribution in [0.3, 0.4) is 0 Å². The number of benzene rings is 1. The number of hydrogen-bond acceptors (Lipinski definition) is 5. The van der Waals surface area contributed by atoms with Crippen LogP contribution in [-0.2, 0) is 11.3 Å². The van der Waals surface area contributed by atoms with Crippen molar-refractivity contribution in [3.05, 3.63) is 65.3 Å². The molecule has 0 aliphatic carbocycles. The molecule has 0 spiro atoms. The molecule has 1 aliphatic rings. The molecule has 1 aliphatic heterocycles. The van der Waals surface area contributed by atoms with Crippen molar-refractivity contribution in [1.82, 2.24) is 9.47 Å². The van der Waals surface area contributed by atoms with Gasteiger partial charge in [-0.2, -0.15) is 0 Å². The fourth-order valence-electron chi connectivity index (χ4n) is 2.63. The summed E-state index contributed by atoms with van der Waals surface area (Å²) in [6, 6.07) is 12.5. The number of amides is 2. The number of nitrogens with zero attached hydrogens (tertiary/aromatic N) is 3.